The average Bonchev–Trinajstić information content (AvgIpc) is 2.79. The first-order chi connectivity index (χ1) is 9.63. The van der Waals surface area contributed by atoms with Crippen LogP contribution in [0.2, 0.25) is 5.15 Å². The topological polar surface area (TPSA) is 65.7 Å². The number of rotatable bonds is 3. The van der Waals surface area contributed by atoms with E-state index in [1.807, 2.05) is 6.07 Å². The molecule has 0 aliphatic rings. The maximum atomic E-state index is 6.10. The van der Waals surface area contributed by atoms with Crippen molar-refractivity contribution in [2.24, 2.45) is 7.05 Å². The summed E-state index contributed by atoms with van der Waals surface area (Å²) in [6.45, 7) is 0.207. The van der Waals surface area contributed by atoms with Gasteiger partial charge in [-0.1, -0.05) is 11.6 Å². The second-order valence-electron chi connectivity index (χ2n) is 4.06. The molecule has 0 aliphatic heterocycles. The molecule has 0 N–H and O–H groups in total. The lowest BCUT2D eigenvalue weighted by Crippen LogP contribution is -2.04. The summed E-state index contributed by atoms with van der Waals surface area (Å²) in [7, 11) is 1.80. The van der Waals surface area contributed by atoms with Gasteiger partial charge in [0.15, 0.2) is 11.5 Å². The van der Waals surface area contributed by atoms with E-state index < -0.39 is 0 Å². The monoisotopic (exact) mass is 353 g/mol. The van der Waals surface area contributed by atoms with Crippen molar-refractivity contribution < 1.29 is 4.74 Å². The lowest BCUT2D eigenvalue weighted by Gasteiger charge is -2.06. The third-order valence-electron chi connectivity index (χ3n) is 2.64. The minimum atomic E-state index is 0.207. The number of hydrogen-bond acceptors (Lipinski definition) is 5. The maximum absolute atomic E-state index is 6.10. The summed E-state index contributed by atoms with van der Waals surface area (Å²) in [5.74, 6) is 1.12. The molecule has 0 bridgehead atoms. The lowest BCUT2D eigenvalue weighted by molar-refractivity contribution is 0.295. The van der Waals surface area contributed by atoms with E-state index in [-0.39, 0.29) is 6.61 Å². The predicted molar refractivity (Wildman–Crippen MR) is 77.6 cm³/mol. The molecule has 20 heavy (non-hydrogen) atoms. The van der Waals surface area contributed by atoms with Gasteiger partial charge in [0.25, 0.3) is 0 Å². The fourth-order valence-electron chi connectivity index (χ4n) is 1.71. The Morgan fingerprint density at radius 1 is 1.30 bits per heavy atom. The molecule has 6 nitrogen and oxygen atoms in total. The third-order valence-corrected chi connectivity index (χ3v) is 3.36. The van der Waals surface area contributed by atoms with Gasteiger partial charge in [-0.15, -0.1) is 0 Å². The molecule has 0 unspecified atom stereocenters. The van der Waals surface area contributed by atoms with Gasteiger partial charge in [-0.2, -0.15) is 5.10 Å². The molecule has 0 aliphatic carbocycles. The van der Waals surface area contributed by atoms with Gasteiger partial charge in [-0.3, -0.25) is 9.67 Å². The number of pyridine rings is 1. The van der Waals surface area contributed by atoms with Gasteiger partial charge >= 0.3 is 0 Å². The van der Waals surface area contributed by atoms with Crippen molar-refractivity contribution in [2.75, 3.05) is 0 Å². The first-order valence-electron chi connectivity index (χ1n) is 5.71. The second kappa shape index (κ2) is 5.34. The Morgan fingerprint density at radius 2 is 2.15 bits per heavy atom. The van der Waals surface area contributed by atoms with Crippen molar-refractivity contribution in [3.63, 3.8) is 0 Å². The Hall–Kier alpha value is -1.73. The highest BCUT2D eigenvalue weighted by molar-refractivity contribution is 9.10. The summed E-state index contributed by atoms with van der Waals surface area (Å²) in [4.78, 5) is 12.6. The van der Waals surface area contributed by atoms with Gasteiger partial charge in [0.2, 0.25) is 0 Å². The summed E-state index contributed by atoms with van der Waals surface area (Å²) in [5, 5.41) is 5.19. The van der Waals surface area contributed by atoms with Gasteiger partial charge in [-0.25, -0.2) is 9.97 Å². The molecule has 3 heterocycles. The van der Waals surface area contributed by atoms with E-state index in [2.05, 4.69) is 36.0 Å². The zero-order chi connectivity index (χ0) is 14.1. The molecular formula is C12H9BrClN5O. The molecule has 0 amide bonds. The number of ether oxygens (including phenoxy) is 1. The smallest absolute Gasteiger partial charge is 0.170 e. The molecule has 3 rings (SSSR count). The highest BCUT2D eigenvalue weighted by Gasteiger charge is 2.10. The fraction of sp³-hybridized carbons (Fsp3) is 0.167. The highest BCUT2D eigenvalue weighted by atomic mass is 79.9. The van der Waals surface area contributed by atoms with E-state index in [0.717, 1.165) is 9.86 Å². The Bertz CT molecular complexity index is 776. The SMILES string of the molecule is Cn1ncc2c(Cl)nc(COc3cncc(Br)c3)nc21. The summed E-state index contributed by atoms with van der Waals surface area (Å²) in [6.07, 6.45) is 4.94. The van der Waals surface area contributed by atoms with Crippen LogP contribution < -0.4 is 4.74 Å². The van der Waals surface area contributed by atoms with Crippen LogP contribution in [0.15, 0.2) is 29.1 Å². The van der Waals surface area contributed by atoms with Crippen LogP contribution in [0, 0.1) is 0 Å². The number of aryl methyl sites for hydroxylation is 1. The highest BCUT2D eigenvalue weighted by Crippen LogP contribution is 2.20. The van der Waals surface area contributed by atoms with Gasteiger partial charge in [0.1, 0.15) is 17.5 Å². The van der Waals surface area contributed by atoms with Crippen molar-refractivity contribution in [1.29, 1.82) is 0 Å². The van der Waals surface area contributed by atoms with E-state index in [1.165, 1.54) is 0 Å². The minimum Gasteiger partial charge on any atom is -0.484 e. The molecule has 8 heteroatoms. The summed E-state index contributed by atoms with van der Waals surface area (Å²) in [5.41, 5.74) is 0.677. The van der Waals surface area contributed by atoms with Gasteiger partial charge in [0, 0.05) is 17.7 Å². The molecule has 0 aromatic carbocycles. The Balaban J connectivity index is 1.86. The first-order valence-corrected chi connectivity index (χ1v) is 6.88. The number of nitrogens with zero attached hydrogens (tertiary/aromatic N) is 5. The average molecular weight is 355 g/mol. The molecule has 3 aromatic rings. The molecule has 0 atom stereocenters. The maximum Gasteiger partial charge on any atom is 0.170 e. The van der Waals surface area contributed by atoms with Gasteiger partial charge < -0.3 is 4.74 Å². The number of aromatic nitrogens is 5. The largest absolute Gasteiger partial charge is 0.484 e. The summed E-state index contributed by atoms with van der Waals surface area (Å²) in [6, 6.07) is 1.82. The number of hydrogen-bond donors (Lipinski definition) is 0. The molecule has 0 saturated heterocycles. The zero-order valence-corrected chi connectivity index (χ0v) is 12.8. The van der Waals surface area contributed by atoms with Crippen molar-refractivity contribution >= 4 is 38.6 Å². The van der Waals surface area contributed by atoms with Crippen molar-refractivity contribution in [2.45, 2.75) is 6.61 Å². The molecule has 0 saturated carbocycles. The van der Waals surface area contributed by atoms with Crippen LogP contribution in [-0.2, 0) is 13.7 Å². The van der Waals surface area contributed by atoms with E-state index >= 15 is 0 Å². The zero-order valence-electron chi connectivity index (χ0n) is 10.4. The van der Waals surface area contributed by atoms with E-state index in [0.29, 0.717) is 22.4 Å². The quantitative estimate of drug-likeness (QED) is 0.677. The Labute approximate surface area is 127 Å². The van der Waals surface area contributed by atoms with Crippen LogP contribution in [0.25, 0.3) is 11.0 Å². The normalized spacial score (nSPS) is 10.9. The summed E-state index contributed by atoms with van der Waals surface area (Å²) < 4.78 is 8.08. The van der Waals surface area contributed by atoms with Crippen molar-refractivity contribution in [3.05, 3.63) is 40.1 Å². The van der Waals surface area contributed by atoms with Gasteiger partial charge in [0.05, 0.1) is 17.8 Å². The van der Waals surface area contributed by atoms with Crippen LogP contribution in [0.5, 0.6) is 5.75 Å². The van der Waals surface area contributed by atoms with E-state index in [4.69, 9.17) is 16.3 Å². The van der Waals surface area contributed by atoms with Gasteiger partial charge in [-0.05, 0) is 22.0 Å². The third kappa shape index (κ3) is 2.59. The van der Waals surface area contributed by atoms with Crippen molar-refractivity contribution in [3.8, 4) is 5.75 Å². The van der Waals surface area contributed by atoms with Crippen LogP contribution in [0.1, 0.15) is 5.82 Å². The van der Waals surface area contributed by atoms with Crippen LogP contribution >= 0.6 is 27.5 Å². The Kier molecular flexibility index (Phi) is 3.54. The summed E-state index contributed by atoms with van der Waals surface area (Å²) >= 11 is 9.43. The van der Waals surface area contributed by atoms with E-state index in [9.17, 15) is 0 Å². The van der Waals surface area contributed by atoms with E-state index in [1.54, 1.807) is 30.3 Å². The molecule has 0 radical (unpaired) electrons. The molecular weight excluding hydrogens is 346 g/mol. The predicted octanol–water partition coefficient (Wildman–Crippen LogP) is 2.75. The fourth-order valence-corrected chi connectivity index (χ4v) is 2.29. The number of fused-ring (bicyclic) bond motifs is 1. The van der Waals surface area contributed by atoms with Crippen LogP contribution in [-0.4, -0.2) is 24.7 Å². The first kappa shape index (κ1) is 13.3. The molecule has 3 aromatic heterocycles. The van der Waals surface area contributed by atoms with Crippen LogP contribution in [0.3, 0.4) is 0 Å². The lowest BCUT2D eigenvalue weighted by atomic mass is 10.4. The molecule has 102 valence electrons. The number of halogens is 2. The minimum absolute atomic E-state index is 0.207. The Morgan fingerprint density at radius 3 is 2.95 bits per heavy atom. The van der Waals surface area contributed by atoms with Crippen molar-refractivity contribution in [1.82, 2.24) is 24.7 Å². The second-order valence-corrected chi connectivity index (χ2v) is 5.34. The standard InChI is InChI=1S/C12H9BrClN5O/c1-19-12-9(5-16-19)11(14)17-10(18-12)6-20-8-2-7(13)3-15-4-8/h2-5H,6H2,1H3. The molecule has 0 spiro atoms. The van der Waals surface area contributed by atoms with Crippen LogP contribution in [0.4, 0.5) is 0 Å². The molecule has 0 fully saturated rings.